The van der Waals surface area contributed by atoms with E-state index in [-0.39, 0.29) is 23.2 Å². The van der Waals surface area contributed by atoms with E-state index < -0.39 is 0 Å². The molecule has 20 heavy (non-hydrogen) atoms. The second-order valence-electron chi connectivity index (χ2n) is 5.86. The van der Waals surface area contributed by atoms with Gasteiger partial charge in [-0.15, -0.1) is 12.4 Å². The average molecular weight is 319 g/mol. The van der Waals surface area contributed by atoms with Crippen molar-refractivity contribution < 1.29 is 4.39 Å². The van der Waals surface area contributed by atoms with E-state index in [4.69, 9.17) is 17.3 Å². The van der Waals surface area contributed by atoms with Gasteiger partial charge in [-0.2, -0.15) is 0 Å². The summed E-state index contributed by atoms with van der Waals surface area (Å²) in [6, 6.07) is 6.61. The van der Waals surface area contributed by atoms with E-state index in [1.807, 2.05) is 12.1 Å². The lowest BCUT2D eigenvalue weighted by Crippen LogP contribution is -2.54. The van der Waals surface area contributed by atoms with Gasteiger partial charge in [-0.25, -0.2) is 4.39 Å². The lowest BCUT2D eigenvalue weighted by Gasteiger charge is -2.48. The summed E-state index contributed by atoms with van der Waals surface area (Å²) in [6.45, 7) is 0.661. The molecule has 2 atom stereocenters. The van der Waals surface area contributed by atoms with Gasteiger partial charge in [0.2, 0.25) is 0 Å². The summed E-state index contributed by atoms with van der Waals surface area (Å²) in [7, 11) is 0. The summed E-state index contributed by atoms with van der Waals surface area (Å²) >= 11 is 5.86. The Balaban J connectivity index is 0.00000147. The molecule has 2 nitrogen and oxygen atoms in total. The fourth-order valence-electron chi connectivity index (χ4n) is 3.65. The molecule has 2 aliphatic heterocycles. The molecule has 0 amide bonds. The lowest BCUT2D eigenvalue weighted by atomic mass is 9.82. The quantitative estimate of drug-likeness (QED) is 0.900. The molecule has 2 saturated heterocycles. The third-order valence-electron chi connectivity index (χ3n) is 4.55. The van der Waals surface area contributed by atoms with Gasteiger partial charge < -0.3 is 5.73 Å². The Bertz CT molecular complexity index is 455. The first kappa shape index (κ1) is 16.0. The summed E-state index contributed by atoms with van der Waals surface area (Å²) in [5.74, 6) is -0.267. The predicted molar refractivity (Wildman–Crippen MR) is 82.8 cm³/mol. The highest BCUT2D eigenvalue weighted by Gasteiger charge is 2.37. The first-order valence-electron chi connectivity index (χ1n) is 7.09. The number of rotatable bonds is 2. The fourth-order valence-corrected chi connectivity index (χ4v) is 3.84. The normalized spacial score (nSPS) is 29.9. The molecule has 2 N–H and O–H groups in total. The summed E-state index contributed by atoms with van der Waals surface area (Å²) in [6.07, 6.45) is 5.73. The van der Waals surface area contributed by atoms with Gasteiger partial charge in [0.15, 0.2) is 0 Å². The molecule has 2 fully saturated rings. The minimum atomic E-state index is -0.267. The number of nitrogens with two attached hydrogens (primary N) is 1. The van der Waals surface area contributed by atoms with E-state index in [0.29, 0.717) is 30.2 Å². The highest BCUT2D eigenvalue weighted by atomic mass is 35.5. The highest BCUT2D eigenvalue weighted by molar-refractivity contribution is 6.30. The zero-order valence-corrected chi connectivity index (χ0v) is 13.0. The molecule has 3 rings (SSSR count). The van der Waals surface area contributed by atoms with Gasteiger partial charge in [-0.05, 0) is 31.7 Å². The molecule has 112 valence electrons. The highest BCUT2D eigenvalue weighted by Crippen LogP contribution is 2.35. The van der Waals surface area contributed by atoms with E-state index in [1.54, 1.807) is 6.07 Å². The third kappa shape index (κ3) is 3.11. The van der Waals surface area contributed by atoms with Crippen LogP contribution in [0.15, 0.2) is 18.2 Å². The van der Waals surface area contributed by atoms with E-state index in [0.717, 1.165) is 12.8 Å². The molecule has 2 aliphatic rings. The number of halogens is 3. The Hall–Kier alpha value is -0.350. The molecule has 1 aromatic carbocycles. The number of hydrogen-bond acceptors (Lipinski definition) is 2. The van der Waals surface area contributed by atoms with Crippen LogP contribution in [-0.4, -0.2) is 23.0 Å². The van der Waals surface area contributed by atoms with Gasteiger partial charge in [-0.3, -0.25) is 4.90 Å². The minimum absolute atomic E-state index is 0. The summed E-state index contributed by atoms with van der Waals surface area (Å²) in [5.41, 5.74) is 6.82. The second-order valence-corrected chi connectivity index (χ2v) is 6.26. The molecule has 1 aromatic rings. The Labute approximate surface area is 130 Å². The fraction of sp³-hybridized carbons (Fsp3) is 0.600. The Kier molecular flexibility index (Phi) is 5.30. The summed E-state index contributed by atoms with van der Waals surface area (Å²) < 4.78 is 14.0. The molecule has 2 heterocycles. The van der Waals surface area contributed by atoms with Crippen LogP contribution in [0.5, 0.6) is 0 Å². The van der Waals surface area contributed by atoms with E-state index in [1.165, 1.54) is 19.3 Å². The van der Waals surface area contributed by atoms with Gasteiger partial charge >= 0.3 is 0 Å². The zero-order chi connectivity index (χ0) is 13.4. The Morgan fingerprint density at radius 3 is 2.55 bits per heavy atom. The van der Waals surface area contributed by atoms with Crippen LogP contribution in [0.2, 0.25) is 5.02 Å². The van der Waals surface area contributed by atoms with Gasteiger partial charge in [0.25, 0.3) is 0 Å². The van der Waals surface area contributed by atoms with Crippen LogP contribution in [0.4, 0.5) is 4.39 Å². The molecule has 0 aromatic heterocycles. The molecule has 0 aliphatic carbocycles. The molecule has 0 radical (unpaired) electrons. The molecular formula is C15H21Cl2FN2. The Morgan fingerprint density at radius 1 is 1.25 bits per heavy atom. The number of nitrogens with zero attached hydrogens (tertiary/aromatic N) is 1. The molecule has 5 heteroatoms. The molecular weight excluding hydrogens is 298 g/mol. The van der Waals surface area contributed by atoms with Gasteiger partial charge in [0.05, 0.1) is 5.02 Å². The van der Waals surface area contributed by atoms with Gasteiger partial charge in [0, 0.05) is 30.2 Å². The smallest absolute Gasteiger partial charge is 0.146 e. The predicted octanol–water partition coefficient (Wildman–Crippen LogP) is 3.75. The average Bonchev–Trinajstić information content (AvgIpc) is 2.36. The maximum atomic E-state index is 14.0. The maximum absolute atomic E-state index is 14.0. The largest absolute Gasteiger partial charge is 0.328 e. The van der Waals surface area contributed by atoms with Crippen LogP contribution in [0, 0.1) is 5.82 Å². The van der Waals surface area contributed by atoms with Crippen molar-refractivity contribution in [2.45, 2.75) is 56.8 Å². The summed E-state index contributed by atoms with van der Waals surface area (Å²) in [5, 5.41) is 0.219. The van der Waals surface area contributed by atoms with Gasteiger partial charge in [-0.1, -0.05) is 30.2 Å². The van der Waals surface area contributed by atoms with E-state index in [2.05, 4.69) is 4.90 Å². The van der Waals surface area contributed by atoms with Crippen LogP contribution < -0.4 is 5.73 Å². The first-order chi connectivity index (χ1) is 9.15. The minimum Gasteiger partial charge on any atom is -0.328 e. The Morgan fingerprint density at radius 2 is 1.90 bits per heavy atom. The topological polar surface area (TPSA) is 29.3 Å². The number of piperidine rings is 2. The molecule has 0 spiro atoms. The lowest BCUT2D eigenvalue weighted by molar-refractivity contribution is 0.0237. The second kappa shape index (κ2) is 6.61. The van der Waals surface area contributed by atoms with Crippen molar-refractivity contribution in [2.75, 3.05) is 0 Å². The van der Waals surface area contributed by atoms with Crippen LogP contribution in [0.3, 0.4) is 0 Å². The SMILES string of the molecule is Cl.NC1CC2CCCC(C1)N2Cc1cccc(Cl)c1F. The van der Waals surface area contributed by atoms with Crippen LogP contribution in [0.25, 0.3) is 0 Å². The third-order valence-corrected chi connectivity index (χ3v) is 4.84. The number of benzene rings is 1. The van der Waals surface area contributed by atoms with Crippen LogP contribution >= 0.6 is 24.0 Å². The van der Waals surface area contributed by atoms with Crippen LogP contribution in [0.1, 0.15) is 37.7 Å². The first-order valence-corrected chi connectivity index (χ1v) is 7.47. The molecule has 0 saturated carbocycles. The van der Waals surface area contributed by atoms with Gasteiger partial charge in [0.1, 0.15) is 5.82 Å². The maximum Gasteiger partial charge on any atom is 0.146 e. The monoisotopic (exact) mass is 318 g/mol. The number of fused-ring (bicyclic) bond motifs is 2. The summed E-state index contributed by atoms with van der Waals surface area (Å²) in [4.78, 5) is 2.45. The van der Waals surface area contributed by atoms with Crippen molar-refractivity contribution in [2.24, 2.45) is 5.73 Å². The molecule has 2 bridgehead atoms. The van der Waals surface area contributed by atoms with Crippen molar-refractivity contribution in [1.29, 1.82) is 0 Å². The van der Waals surface area contributed by atoms with E-state index >= 15 is 0 Å². The van der Waals surface area contributed by atoms with Crippen molar-refractivity contribution in [3.8, 4) is 0 Å². The van der Waals surface area contributed by atoms with Crippen molar-refractivity contribution >= 4 is 24.0 Å². The molecule has 2 unspecified atom stereocenters. The standard InChI is InChI=1S/C15H20ClFN2.ClH/c16-14-6-1-3-10(15(14)17)9-19-12-4-2-5-13(19)8-11(18)7-12;/h1,3,6,11-13H,2,4-5,7-9,18H2;1H. The van der Waals surface area contributed by atoms with Crippen LogP contribution in [-0.2, 0) is 6.54 Å². The van der Waals surface area contributed by atoms with Crippen molar-refractivity contribution in [1.82, 2.24) is 4.90 Å². The van der Waals surface area contributed by atoms with E-state index in [9.17, 15) is 4.39 Å². The van der Waals surface area contributed by atoms with Crippen molar-refractivity contribution in [3.63, 3.8) is 0 Å². The number of hydrogen-bond donors (Lipinski definition) is 1. The zero-order valence-electron chi connectivity index (χ0n) is 11.4. The van der Waals surface area contributed by atoms with Crippen molar-refractivity contribution in [3.05, 3.63) is 34.6 Å².